The first-order valence-corrected chi connectivity index (χ1v) is 10.6. The smallest absolute Gasteiger partial charge is 0.419 e. The molecule has 0 saturated carbocycles. The summed E-state index contributed by atoms with van der Waals surface area (Å²) in [5, 5.41) is 3.33. The Morgan fingerprint density at radius 3 is 1.38 bits per heavy atom. The van der Waals surface area contributed by atoms with Crippen LogP contribution < -0.4 is 9.80 Å². The average Bonchev–Trinajstić information content (AvgIpc) is 3.30. The minimum absolute atomic E-state index is 0.318. The third-order valence-electron chi connectivity index (χ3n) is 6.11. The van der Waals surface area contributed by atoms with Crippen LogP contribution in [0.5, 0.6) is 0 Å². The number of benzene rings is 4. The summed E-state index contributed by atoms with van der Waals surface area (Å²) in [6.45, 7) is -0.873. The second-order valence-corrected chi connectivity index (χ2v) is 7.95. The Morgan fingerprint density at radius 2 is 0.971 bits per heavy atom. The van der Waals surface area contributed by atoms with E-state index in [1.54, 1.807) is 48.5 Å². The molecule has 2 heterocycles. The fourth-order valence-electron chi connectivity index (χ4n) is 4.58. The number of esters is 2. The van der Waals surface area contributed by atoms with Gasteiger partial charge in [-0.05, 0) is 35.0 Å². The number of nitrogens with zero attached hydrogens (tertiary/aromatic N) is 2. The van der Waals surface area contributed by atoms with Gasteiger partial charge in [0.15, 0.2) is 13.5 Å². The Balaban J connectivity index is 1.12. The van der Waals surface area contributed by atoms with Crippen LogP contribution >= 0.6 is 0 Å². The van der Waals surface area contributed by atoms with Gasteiger partial charge < -0.3 is 9.47 Å². The van der Waals surface area contributed by atoms with Crippen LogP contribution in [0.4, 0.5) is 11.4 Å². The number of anilines is 2. The summed E-state index contributed by atoms with van der Waals surface area (Å²) in [6.07, 6.45) is 0. The molecule has 0 unspecified atom stereocenters. The van der Waals surface area contributed by atoms with Gasteiger partial charge in [0.1, 0.15) is 0 Å². The molecule has 0 bridgehead atoms. The van der Waals surface area contributed by atoms with Gasteiger partial charge in [0, 0.05) is 21.9 Å². The molecule has 0 fully saturated rings. The molecule has 34 heavy (non-hydrogen) atoms. The maximum atomic E-state index is 12.8. The van der Waals surface area contributed by atoms with Gasteiger partial charge in [0.2, 0.25) is 0 Å². The number of ether oxygens (including phenoxy) is 2. The van der Waals surface area contributed by atoms with Crippen molar-refractivity contribution in [2.75, 3.05) is 23.3 Å². The highest BCUT2D eigenvalue weighted by Crippen LogP contribution is 2.38. The van der Waals surface area contributed by atoms with Crippen molar-refractivity contribution in [3.05, 3.63) is 83.9 Å². The molecule has 4 aromatic carbocycles. The van der Waals surface area contributed by atoms with Crippen molar-refractivity contribution in [3.63, 3.8) is 0 Å². The number of hydrogen-bond donors (Lipinski definition) is 0. The largest absolute Gasteiger partial charge is 0.435 e. The zero-order valence-electron chi connectivity index (χ0n) is 17.7. The molecule has 0 spiro atoms. The molecular formula is C26H16N2O6. The summed E-state index contributed by atoms with van der Waals surface area (Å²) in [5.74, 6) is -3.14. The van der Waals surface area contributed by atoms with E-state index in [2.05, 4.69) is 0 Å². The highest BCUT2D eigenvalue weighted by atomic mass is 16.6. The minimum atomic E-state index is -1.25. The van der Waals surface area contributed by atoms with Crippen molar-refractivity contribution in [1.82, 2.24) is 0 Å². The third kappa shape index (κ3) is 2.85. The fourth-order valence-corrected chi connectivity index (χ4v) is 4.58. The Bertz CT molecular complexity index is 1430. The second kappa shape index (κ2) is 7.41. The van der Waals surface area contributed by atoms with Gasteiger partial charge in [-0.1, -0.05) is 48.5 Å². The number of carbonyl (C=O) groups excluding carboxylic acids is 4. The summed E-state index contributed by atoms with van der Waals surface area (Å²) >= 11 is 0. The number of carbonyl (C=O) groups is 4. The van der Waals surface area contributed by atoms with Crippen LogP contribution in [-0.4, -0.2) is 37.2 Å². The zero-order valence-corrected chi connectivity index (χ0v) is 17.7. The molecule has 0 saturated heterocycles. The van der Waals surface area contributed by atoms with Crippen molar-refractivity contribution in [2.45, 2.75) is 0 Å². The van der Waals surface area contributed by atoms with Gasteiger partial charge >= 0.3 is 11.9 Å². The monoisotopic (exact) mass is 452 g/mol. The fraction of sp³-hybridized carbons (Fsp3) is 0.0769. The maximum absolute atomic E-state index is 12.8. The van der Waals surface area contributed by atoms with Gasteiger partial charge in [0.25, 0.3) is 11.8 Å². The molecule has 2 aliphatic heterocycles. The first kappa shape index (κ1) is 19.9. The molecule has 0 atom stereocenters. The van der Waals surface area contributed by atoms with Crippen LogP contribution in [0.1, 0.15) is 20.7 Å². The lowest BCUT2D eigenvalue weighted by Gasteiger charge is -2.18. The quantitative estimate of drug-likeness (QED) is 0.347. The van der Waals surface area contributed by atoms with Gasteiger partial charge in [-0.15, -0.1) is 0 Å². The Hall–Kier alpha value is -4.72. The molecule has 4 aromatic rings. The maximum Gasteiger partial charge on any atom is 0.419 e. The lowest BCUT2D eigenvalue weighted by atomic mass is 10.1. The Kier molecular flexibility index (Phi) is 4.35. The molecule has 166 valence electrons. The van der Waals surface area contributed by atoms with E-state index in [1.165, 1.54) is 9.80 Å². The number of hydrogen-bond acceptors (Lipinski definition) is 6. The lowest BCUT2D eigenvalue weighted by Crippen LogP contribution is -2.35. The summed E-state index contributed by atoms with van der Waals surface area (Å²) in [5.41, 5.74) is 2.22. The summed E-state index contributed by atoms with van der Waals surface area (Å²) in [7, 11) is 0. The van der Waals surface area contributed by atoms with Crippen LogP contribution in [0.3, 0.4) is 0 Å². The summed E-state index contributed by atoms with van der Waals surface area (Å²) in [4.78, 5) is 52.7. The molecule has 2 amide bonds. The van der Waals surface area contributed by atoms with Crippen molar-refractivity contribution < 1.29 is 28.7 Å². The van der Waals surface area contributed by atoms with Gasteiger partial charge in [-0.2, -0.15) is 0 Å². The van der Waals surface area contributed by atoms with E-state index in [0.29, 0.717) is 22.5 Å². The molecule has 0 aliphatic carbocycles. The van der Waals surface area contributed by atoms with Crippen LogP contribution in [0.25, 0.3) is 21.5 Å². The van der Waals surface area contributed by atoms with E-state index in [4.69, 9.17) is 9.47 Å². The van der Waals surface area contributed by atoms with Gasteiger partial charge in [0.05, 0.1) is 11.4 Å². The standard InChI is InChI=1S/C26H16N2O6/c29-23-17-9-1-5-15-7-3-11-19(21(15)17)27(23)13-33-25(31)26(32)34-14-28-20-12-4-8-16-6-2-10-18(22(16)20)24(28)30/h1-12H,13-14H2. The molecule has 0 N–H and O–H groups in total. The SMILES string of the molecule is O=C(OCN1C(=O)c2cccc3cccc1c23)C(=O)OCN1C(=O)c2cccc3cccc1c23. The van der Waals surface area contributed by atoms with Crippen LogP contribution in [-0.2, 0) is 19.1 Å². The Morgan fingerprint density at radius 1 is 0.588 bits per heavy atom. The van der Waals surface area contributed by atoms with Gasteiger partial charge in [-0.25, -0.2) is 9.59 Å². The average molecular weight is 452 g/mol. The topological polar surface area (TPSA) is 93.2 Å². The van der Waals surface area contributed by atoms with Crippen molar-refractivity contribution in [1.29, 1.82) is 0 Å². The summed E-state index contributed by atoms with van der Waals surface area (Å²) in [6, 6.07) is 21.6. The number of amides is 2. The van der Waals surface area contributed by atoms with Crippen LogP contribution in [0, 0.1) is 0 Å². The van der Waals surface area contributed by atoms with Crippen LogP contribution in [0.15, 0.2) is 72.8 Å². The molecule has 8 heteroatoms. The first-order chi connectivity index (χ1) is 16.5. The highest BCUT2D eigenvalue weighted by molar-refractivity contribution is 6.30. The normalized spacial score (nSPS) is 13.8. The van der Waals surface area contributed by atoms with Crippen molar-refractivity contribution in [3.8, 4) is 0 Å². The second-order valence-electron chi connectivity index (χ2n) is 7.95. The van der Waals surface area contributed by atoms with Crippen molar-refractivity contribution >= 4 is 56.7 Å². The predicted molar refractivity (Wildman–Crippen MR) is 123 cm³/mol. The van der Waals surface area contributed by atoms with E-state index >= 15 is 0 Å². The minimum Gasteiger partial charge on any atom is -0.435 e. The first-order valence-electron chi connectivity index (χ1n) is 10.6. The highest BCUT2D eigenvalue weighted by Gasteiger charge is 2.33. The molecule has 0 aromatic heterocycles. The molecular weight excluding hydrogens is 436 g/mol. The van der Waals surface area contributed by atoms with E-state index in [1.807, 2.05) is 24.3 Å². The molecule has 6 rings (SSSR count). The molecule has 2 aliphatic rings. The van der Waals surface area contributed by atoms with E-state index < -0.39 is 25.4 Å². The Labute approximate surface area is 192 Å². The lowest BCUT2D eigenvalue weighted by molar-refractivity contribution is -0.167. The molecule has 0 radical (unpaired) electrons. The zero-order chi connectivity index (χ0) is 23.4. The van der Waals surface area contributed by atoms with E-state index in [9.17, 15) is 19.2 Å². The third-order valence-corrected chi connectivity index (χ3v) is 6.11. The predicted octanol–water partition coefficient (Wildman–Crippen LogP) is 3.62. The van der Waals surface area contributed by atoms with E-state index in [-0.39, 0.29) is 11.8 Å². The number of rotatable bonds is 4. The molecule has 8 nitrogen and oxygen atoms in total. The van der Waals surface area contributed by atoms with Crippen molar-refractivity contribution in [2.24, 2.45) is 0 Å². The van der Waals surface area contributed by atoms with Crippen LogP contribution in [0.2, 0.25) is 0 Å². The van der Waals surface area contributed by atoms with E-state index in [0.717, 1.165) is 21.5 Å². The van der Waals surface area contributed by atoms with Gasteiger partial charge in [-0.3, -0.25) is 19.4 Å². The summed E-state index contributed by atoms with van der Waals surface area (Å²) < 4.78 is 10.1.